The zero-order chi connectivity index (χ0) is 18.1. The van der Waals surface area contributed by atoms with Crippen LogP contribution in [0.2, 0.25) is 0 Å². The first-order chi connectivity index (χ1) is 12.7. The van der Waals surface area contributed by atoms with Crippen LogP contribution in [-0.2, 0) is 0 Å². The Bertz CT molecular complexity index is 775. The van der Waals surface area contributed by atoms with Gasteiger partial charge >= 0.3 is 0 Å². The van der Waals surface area contributed by atoms with Crippen molar-refractivity contribution in [3.8, 4) is 11.3 Å². The fourth-order valence-electron chi connectivity index (χ4n) is 4.42. The molecule has 138 valence electrons. The van der Waals surface area contributed by atoms with Crippen molar-refractivity contribution in [1.29, 1.82) is 0 Å². The van der Waals surface area contributed by atoms with Crippen molar-refractivity contribution in [2.24, 2.45) is 5.92 Å². The van der Waals surface area contributed by atoms with Crippen LogP contribution in [0, 0.1) is 5.92 Å². The number of nitrogens with zero attached hydrogens (tertiary/aromatic N) is 1. The molecule has 26 heavy (non-hydrogen) atoms. The Morgan fingerprint density at radius 3 is 2.69 bits per heavy atom. The Morgan fingerprint density at radius 2 is 1.96 bits per heavy atom. The number of carbonyl (C=O) groups excluding carboxylic acids is 1. The van der Waals surface area contributed by atoms with Gasteiger partial charge in [-0.25, -0.2) is 0 Å². The number of hydrogen-bond donors (Lipinski definition) is 2. The van der Waals surface area contributed by atoms with Gasteiger partial charge in [-0.15, -0.1) is 0 Å². The minimum atomic E-state index is -0.109. The molecule has 5 heteroatoms. The molecule has 1 amide bonds. The van der Waals surface area contributed by atoms with Crippen LogP contribution in [0.3, 0.4) is 0 Å². The Hall–Kier alpha value is -2.27. The molecular weight excluding hydrogens is 326 g/mol. The summed E-state index contributed by atoms with van der Waals surface area (Å²) >= 11 is 0. The molecule has 2 aromatic rings. The highest BCUT2D eigenvalue weighted by Gasteiger charge is 2.40. The first kappa shape index (κ1) is 17.2. The predicted octanol–water partition coefficient (Wildman–Crippen LogP) is 3.59. The zero-order valence-electron chi connectivity index (χ0n) is 15.5. The van der Waals surface area contributed by atoms with E-state index in [-0.39, 0.29) is 11.9 Å². The SMILES string of the molecule is CCNc1ccccc1-c1ccc(C(=O)N[C@@H]2C3CCN(CC3)[C@H]2C)o1. The van der Waals surface area contributed by atoms with Crippen molar-refractivity contribution in [3.05, 3.63) is 42.2 Å². The van der Waals surface area contributed by atoms with Crippen LogP contribution in [0.15, 0.2) is 40.8 Å². The summed E-state index contributed by atoms with van der Waals surface area (Å²) in [5.74, 6) is 1.58. The number of para-hydroxylation sites is 1. The van der Waals surface area contributed by atoms with Gasteiger partial charge in [0.25, 0.3) is 5.91 Å². The van der Waals surface area contributed by atoms with E-state index < -0.39 is 0 Å². The molecule has 0 aliphatic carbocycles. The molecule has 2 bridgehead atoms. The molecule has 2 N–H and O–H groups in total. The first-order valence-corrected chi connectivity index (χ1v) is 9.65. The molecule has 2 atom stereocenters. The molecular formula is C21H27N3O2. The predicted molar refractivity (Wildman–Crippen MR) is 103 cm³/mol. The molecule has 3 fully saturated rings. The fraction of sp³-hybridized carbons (Fsp3) is 0.476. The number of nitrogens with one attached hydrogen (secondary N) is 2. The average molecular weight is 353 g/mol. The lowest BCUT2D eigenvalue weighted by Gasteiger charge is -2.49. The van der Waals surface area contributed by atoms with E-state index in [1.54, 1.807) is 6.07 Å². The summed E-state index contributed by atoms with van der Waals surface area (Å²) in [6, 6.07) is 12.3. The lowest BCUT2D eigenvalue weighted by Crippen LogP contribution is -2.62. The molecule has 5 rings (SSSR count). The average Bonchev–Trinajstić information content (AvgIpc) is 3.16. The molecule has 0 radical (unpaired) electrons. The molecule has 3 aliphatic rings. The van der Waals surface area contributed by atoms with Gasteiger partial charge in [-0.3, -0.25) is 9.69 Å². The van der Waals surface area contributed by atoms with E-state index >= 15 is 0 Å². The largest absolute Gasteiger partial charge is 0.451 e. The number of amides is 1. The Labute approximate surface area is 154 Å². The van der Waals surface area contributed by atoms with Gasteiger partial charge in [0.2, 0.25) is 0 Å². The summed E-state index contributed by atoms with van der Waals surface area (Å²) < 4.78 is 5.91. The van der Waals surface area contributed by atoms with Crippen LogP contribution in [0.5, 0.6) is 0 Å². The quantitative estimate of drug-likeness (QED) is 0.862. The topological polar surface area (TPSA) is 57.5 Å². The summed E-state index contributed by atoms with van der Waals surface area (Å²) in [5, 5.41) is 6.57. The monoisotopic (exact) mass is 353 g/mol. The Kier molecular flexibility index (Phi) is 4.72. The lowest BCUT2D eigenvalue weighted by molar-refractivity contribution is 0.0211. The van der Waals surface area contributed by atoms with E-state index in [1.165, 1.54) is 12.8 Å². The molecule has 4 heterocycles. The van der Waals surface area contributed by atoms with E-state index in [0.717, 1.165) is 30.9 Å². The first-order valence-electron chi connectivity index (χ1n) is 9.65. The second-order valence-corrected chi connectivity index (χ2v) is 7.35. The number of piperidine rings is 3. The molecule has 1 aromatic carbocycles. The second-order valence-electron chi connectivity index (χ2n) is 7.35. The van der Waals surface area contributed by atoms with Gasteiger partial charge < -0.3 is 15.1 Å². The minimum Gasteiger partial charge on any atom is -0.451 e. The van der Waals surface area contributed by atoms with Crippen LogP contribution < -0.4 is 10.6 Å². The van der Waals surface area contributed by atoms with E-state index in [2.05, 4.69) is 29.4 Å². The van der Waals surface area contributed by atoms with E-state index in [0.29, 0.717) is 23.5 Å². The van der Waals surface area contributed by atoms with Gasteiger partial charge in [0.1, 0.15) is 5.76 Å². The molecule has 0 spiro atoms. The number of benzene rings is 1. The zero-order valence-corrected chi connectivity index (χ0v) is 15.5. The number of rotatable bonds is 5. The standard InChI is InChI=1S/C21H27N3O2/c1-3-22-17-7-5-4-6-16(17)18-8-9-19(26-18)21(25)23-20-14(2)24-12-10-15(20)11-13-24/h4-9,14-15,20,22H,3,10-13H2,1-2H3,(H,23,25)/t14-,20-/m0/s1. The normalized spacial score (nSPS) is 27.3. The summed E-state index contributed by atoms with van der Waals surface area (Å²) in [4.78, 5) is 15.2. The van der Waals surface area contributed by atoms with E-state index in [1.807, 2.05) is 30.3 Å². The number of hydrogen-bond acceptors (Lipinski definition) is 4. The van der Waals surface area contributed by atoms with E-state index in [4.69, 9.17) is 4.42 Å². The third kappa shape index (κ3) is 3.12. The highest BCUT2D eigenvalue weighted by molar-refractivity contribution is 5.92. The van der Waals surface area contributed by atoms with Gasteiger partial charge in [-0.1, -0.05) is 12.1 Å². The van der Waals surface area contributed by atoms with Crippen LogP contribution >= 0.6 is 0 Å². The third-order valence-electron chi connectivity index (χ3n) is 5.87. The maximum absolute atomic E-state index is 12.8. The summed E-state index contributed by atoms with van der Waals surface area (Å²) in [6.45, 7) is 7.43. The Morgan fingerprint density at radius 1 is 1.19 bits per heavy atom. The van der Waals surface area contributed by atoms with Crippen molar-refractivity contribution in [3.63, 3.8) is 0 Å². The molecule has 3 saturated heterocycles. The van der Waals surface area contributed by atoms with Crippen molar-refractivity contribution >= 4 is 11.6 Å². The molecule has 1 aromatic heterocycles. The highest BCUT2D eigenvalue weighted by atomic mass is 16.3. The Balaban J connectivity index is 1.50. The summed E-state index contributed by atoms with van der Waals surface area (Å²) in [6.07, 6.45) is 2.35. The van der Waals surface area contributed by atoms with Gasteiger partial charge in [0, 0.05) is 29.9 Å². The molecule has 5 nitrogen and oxygen atoms in total. The minimum absolute atomic E-state index is 0.109. The van der Waals surface area contributed by atoms with Gasteiger partial charge in [-0.2, -0.15) is 0 Å². The van der Waals surface area contributed by atoms with Crippen molar-refractivity contribution in [2.75, 3.05) is 25.0 Å². The van der Waals surface area contributed by atoms with Crippen molar-refractivity contribution in [1.82, 2.24) is 10.2 Å². The highest BCUT2D eigenvalue weighted by Crippen LogP contribution is 2.33. The van der Waals surface area contributed by atoms with Crippen molar-refractivity contribution < 1.29 is 9.21 Å². The lowest BCUT2D eigenvalue weighted by atomic mass is 9.79. The maximum Gasteiger partial charge on any atom is 0.287 e. The summed E-state index contributed by atoms with van der Waals surface area (Å²) in [5.41, 5.74) is 1.99. The smallest absolute Gasteiger partial charge is 0.287 e. The molecule has 0 saturated carbocycles. The fourth-order valence-corrected chi connectivity index (χ4v) is 4.42. The van der Waals surface area contributed by atoms with Gasteiger partial charge in [0.05, 0.1) is 0 Å². The van der Waals surface area contributed by atoms with Crippen molar-refractivity contribution in [2.45, 2.75) is 38.8 Å². The third-order valence-corrected chi connectivity index (χ3v) is 5.87. The van der Waals surface area contributed by atoms with Crippen LogP contribution in [0.4, 0.5) is 5.69 Å². The number of furan rings is 1. The van der Waals surface area contributed by atoms with E-state index in [9.17, 15) is 4.79 Å². The maximum atomic E-state index is 12.8. The molecule has 3 aliphatic heterocycles. The summed E-state index contributed by atoms with van der Waals surface area (Å²) in [7, 11) is 0. The van der Waals surface area contributed by atoms with Crippen LogP contribution in [0.1, 0.15) is 37.2 Å². The van der Waals surface area contributed by atoms with Crippen LogP contribution in [-0.4, -0.2) is 42.5 Å². The van der Waals surface area contributed by atoms with Crippen LogP contribution in [0.25, 0.3) is 11.3 Å². The number of fused-ring (bicyclic) bond motifs is 3. The second kappa shape index (κ2) is 7.16. The van der Waals surface area contributed by atoms with Gasteiger partial charge in [-0.05, 0) is 70.0 Å². The molecule has 0 unspecified atom stereocenters. The van der Waals surface area contributed by atoms with Gasteiger partial charge in [0.15, 0.2) is 5.76 Å². The number of carbonyl (C=O) groups is 1. The number of anilines is 1.